The van der Waals surface area contributed by atoms with Crippen LogP contribution in [-0.4, -0.2) is 27.5 Å². The van der Waals surface area contributed by atoms with Crippen LogP contribution in [0.5, 0.6) is 0 Å². The zero-order valence-electron chi connectivity index (χ0n) is 9.82. The van der Waals surface area contributed by atoms with E-state index in [0.717, 1.165) is 10.3 Å². The summed E-state index contributed by atoms with van der Waals surface area (Å²) in [4.78, 5) is 8.18. The van der Waals surface area contributed by atoms with Gasteiger partial charge >= 0.3 is 0 Å². The van der Waals surface area contributed by atoms with Crippen molar-refractivity contribution in [2.75, 3.05) is 17.3 Å². The zero-order valence-corrected chi connectivity index (χ0v) is 12.2. The molecule has 1 fully saturated rings. The van der Waals surface area contributed by atoms with E-state index in [-0.39, 0.29) is 0 Å². The van der Waals surface area contributed by atoms with Gasteiger partial charge in [-0.25, -0.2) is 4.98 Å². The van der Waals surface area contributed by atoms with Crippen LogP contribution in [0.1, 0.15) is 25.7 Å². The molecule has 1 heterocycles. The molecular formula is C11H17BrN4S. The Hall–Kier alpha value is -0.490. The van der Waals surface area contributed by atoms with Gasteiger partial charge in [0, 0.05) is 17.5 Å². The van der Waals surface area contributed by atoms with Crippen LogP contribution in [0.4, 0.5) is 11.8 Å². The summed E-state index contributed by atoms with van der Waals surface area (Å²) in [7, 11) is 0. The largest absolute Gasteiger partial charge is 0.368 e. The standard InChI is InChI=1S/C11H17BrN4S/c1-17-9-5-3-2-4-8(9)15-10-7(12)6-14-11(13)16-10/h6,8-9H,2-5H2,1H3,(H3,13,14,15,16). The van der Waals surface area contributed by atoms with Crippen LogP contribution in [0.2, 0.25) is 0 Å². The molecule has 1 aliphatic carbocycles. The van der Waals surface area contributed by atoms with Gasteiger partial charge in [-0.2, -0.15) is 16.7 Å². The van der Waals surface area contributed by atoms with Crippen LogP contribution in [0.25, 0.3) is 0 Å². The summed E-state index contributed by atoms with van der Waals surface area (Å²) in [5.41, 5.74) is 5.61. The fraction of sp³-hybridized carbons (Fsp3) is 0.636. The second-order valence-corrected chi connectivity index (χ2v) is 6.17. The molecule has 0 bridgehead atoms. The average Bonchev–Trinajstić information content (AvgIpc) is 2.34. The first-order valence-electron chi connectivity index (χ1n) is 5.78. The van der Waals surface area contributed by atoms with Crippen molar-refractivity contribution in [3.8, 4) is 0 Å². The van der Waals surface area contributed by atoms with Crippen LogP contribution in [0.3, 0.4) is 0 Å². The summed E-state index contributed by atoms with van der Waals surface area (Å²) in [5, 5.41) is 4.15. The van der Waals surface area contributed by atoms with Gasteiger partial charge in [0.05, 0.1) is 4.47 Å². The van der Waals surface area contributed by atoms with Gasteiger partial charge in [-0.1, -0.05) is 12.8 Å². The summed E-state index contributed by atoms with van der Waals surface area (Å²) in [6.07, 6.45) is 8.96. The van der Waals surface area contributed by atoms with Crippen molar-refractivity contribution in [3.05, 3.63) is 10.7 Å². The third kappa shape index (κ3) is 3.25. The highest BCUT2D eigenvalue weighted by Crippen LogP contribution is 2.30. The number of rotatable bonds is 3. The molecule has 3 N–H and O–H groups in total. The molecule has 1 aliphatic rings. The lowest BCUT2D eigenvalue weighted by Gasteiger charge is -2.31. The molecule has 1 saturated carbocycles. The van der Waals surface area contributed by atoms with Gasteiger partial charge in [-0.05, 0) is 35.0 Å². The van der Waals surface area contributed by atoms with Gasteiger partial charge in [0.25, 0.3) is 0 Å². The molecule has 0 spiro atoms. The van der Waals surface area contributed by atoms with Crippen molar-refractivity contribution >= 4 is 39.5 Å². The predicted octanol–water partition coefficient (Wildman–Crippen LogP) is 2.91. The molecule has 0 aliphatic heterocycles. The topological polar surface area (TPSA) is 63.8 Å². The number of nitrogens with one attached hydrogen (secondary N) is 1. The molecule has 2 atom stereocenters. The van der Waals surface area contributed by atoms with E-state index in [1.807, 2.05) is 11.8 Å². The van der Waals surface area contributed by atoms with Crippen LogP contribution in [-0.2, 0) is 0 Å². The van der Waals surface area contributed by atoms with Gasteiger partial charge in [0.15, 0.2) is 0 Å². The number of aromatic nitrogens is 2. The Balaban J connectivity index is 2.10. The van der Waals surface area contributed by atoms with E-state index < -0.39 is 0 Å². The summed E-state index contributed by atoms with van der Waals surface area (Å²) in [6.45, 7) is 0. The zero-order chi connectivity index (χ0) is 12.3. The Morgan fingerprint density at radius 3 is 3.00 bits per heavy atom. The summed E-state index contributed by atoms with van der Waals surface area (Å²) in [6, 6.07) is 0.476. The molecule has 1 aromatic heterocycles. The highest BCUT2D eigenvalue weighted by molar-refractivity contribution is 9.10. The first-order chi connectivity index (χ1) is 8.20. The smallest absolute Gasteiger partial charge is 0.221 e. The fourth-order valence-corrected chi connectivity index (χ4v) is 3.44. The molecule has 1 aromatic rings. The maximum Gasteiger partial charge on any atom is 0.221 e. The van der Waals surface area contributed by atoms with Crippen LogP contribution in [0.15, 0.2) is 10.7 Å². The molecule has 0 aromatic carbocycles. The molecule has 4 nitrogen and oxygen atoms in total. The van der Waals surface area contributed by atoms with E-state index in [4.69, 9.17) is 5.73 Å². The molecule has 0 saturated heterocycles. The van der Waals surface area contributed by atoms with E-state index in [9.17, 15) is 0 Å². The SMILES string of the molecule is CSC1CCCCC1Nc1nc(N)ncc1Br. The summed E-state index contributed by atoms with van der Waals surface area (Å²) >= 11 is 5.38. The lowest BCUT2D eigenvalue weighted by molar-refractivity contribution is 0.474. The number of hydrogen-bond donors (Lipinski definition) is 2. The van der Waals surface area contributed by atoms with Crippen molar-refractivity contribution in [1.82, 2.24) is 9.97 Å². The molecular weight excluding hydrogens is 300 g/mol. The second kappa shape index (κ2) is 5.91. The summed E-state index contributed by atoms with van der Waals surface area (Å²) < 4.78 is 0.872. The van der Waals surface area contributed by atoms with Gasteiger partial charge in [0.2, 0.25) is 5.95 Å². The lowest BCUT2D eigenvalue weighted by Crippen LogP contribution is -2.34. The predicted molar refractivity (Wildman–Crippen MR) is 77.3 cm³/mol. The Morgan fingerprint density at radius 2 is 2.24 bits per heavy atom. The number of hydrogen-bond acceptors (Lipinski definition) is 5. The van der Waals surface area contributed by atoms with Crippen LogP contribution in [0, 0.1) is 0 Å². The Bertz CT molecular complexity index is 388. The molecule has 6 heteroatoms. The quantitative estimate of drug-likeness (QED) is 0.897. The first kappa shape index (κ1) is 13.0. The van der Waals surface area contributed by atoms with Gasteiger partial charge in [-0.3, -0.25) is 0 Å². The Morgan fingerprint density at radius 1 is 1.47 bits per heavy atom. The molecule has 0 amide bonds. The molecule has 2 rings (SSSR count). The van der Waals surface area contributed by atoms with Crippen molar-refractivity contribution in [2.24, 2.45) is 0 Å². The highest BCUT2D eigenvalue weighted by Gasteiger charge is 2.25. The number of nitrogens with two attached hydrogens (primary N) is 1. The fourth-order valence-electron chi connectivity index (χ4n) is 2.20. The second-order valence-electron chi connectivity index (χ2n) is 4.23. The number of anilines is 2. The van der Waals surface area contributed by atoms with Crippen molar-refractivity contribution in [3.63, 3.8) is 0 Å². The number of nitrogens with zero attached hydrogens (tertiary/aromatic N) is 2. The molecule has 0 radical (unpaired) electrons. The third-order valence-electron chi connectivity index (χ3n) is 3.09. The molecule has 17 heavy (non-hydrogen) atoms. The maximum absolute atomic E-state index is 5.61. The maximum atomic E-state index is 5.61. The average molecular weight is 317 g/mol. The van der Waals surface area contributed by atoms with E-state index in [1.165, 1.54) is 25.7 Å². The third-order valence-corrected chi connectivity index (χ3v) is 4.84. The molecule has 94 valence electrons. The van der Waals surface area contributed by atoms with Gasteiger partial charge < -0.3 is 11.1 Å². The monoisotopic (exact) mass is 316 g/mol. The number of halogens is 1. The number of nitrogen functional groups attached to an aromatic ring is 1. The Labute approximate surface area is 114 Å². The van der Waals surface area contributed by atoms with Crippen LogP contribution < -0.4 is 11.1 Å². The minimum Gasteiger partial charge on any atom is -0.368 e. The lowest BCUT2D eigenvalue weighted by atomic mass is 9.95. The van der Waals surface area contributed by atoms with E-state index in [0.29, 0.717) is 17.2 Å². The number of thioether (sulfide) groups is 1. The van der Waals surface area contributed by atoms with E-state index in [2.05, 4.69) is 37.5 Å². The van der Waals surface area contributed by atoms with E-state index in [1.54, 1.807) is 6.20 Å². The van der Waals surface area contributed by atoms with Crippen molar-refractivity contribution in [1.29, 1.82) is 0 Å². The van der Waals surface area contributed by atoms with Crippen LogP contribution >= 0.6 is 27.7 Å². The van der Waals surface area contributed by atoms with Crippen molar-refractivity contribution < 1.29 is 0 Å². The van der Waals surface area contributed by atoms with Gasteiger partial charge in [-0.15, -0.1) is 0 Å². The van der Waals surface area contributed by atoms with E-state index >= 15 is 0 Å². The Kier molecular flexibility index (Phi) is 4.50. The molecule has 2 unspecified atom stereocenters. The highest BCUT2D eigenvalue weighted by atomic mass is 79.9. The summed E-state index contributed by atoms with van der Waals surface area (Å²) in [5.74, 6) is 1.12. The van der Waals surface area contributed by atoms with Gasteiger partial charge in [0.1, 0.15) is 5.82 Å². The van der Waals surface area contributed by atoms with Crippen molar-refractivity contribution in [2.45, 2.75) is 37.0 Å². The first-order valence-corrected chi connectivity index (χ1v) is 7.86. The minimum absolute atomic E-state index is 0.312. The normalized spacial score (nSPS) is 24.6. The minimum atomic E-state index is 0.312.